The second-order valence-electron chi connectivity index (χ2n) is 5.09. The maximum absolute atomic E-state index is 13.2. The Kier molecular flexibility index (Phi) is 3.92. The molecule has 0 spiro atoms. The van der Waals surface area contributed by atoms with E-state index in [1.54, 1.807) is 11.0 Å². The summed E-state index contributed by atoms with van der Waals surface area (Å²) in [4.78, 5) is 23.6. The van der Waals surface area contributed by atoms with Crippen molar-refractivity contribution in [1.29, 1.82) is 0 Å². The van der Waals surface area contributed by atoms with Crippen molar-refractivity contribution in [1.82, 2.24) is 4.90 Å². The number of likely N-dealkylation sites (tertiary alicyclic amines) is 1. The zero-order valence-electron chi connectivity index (χ0n) is 11.0. The molecule has 1 heterocycles. The molecule has 1 fully saturated rings. The molecule has 3 atom stereocenters. The first-order valence-corrected chi connectivity index (χ1v) is 6.41. The largest absolute Gasteiger partial charge is 0.477 e. The Morgan fingerprint density at radius 1 is 1.35 bits per heavy atom. The Labute approximate surface area is 115 Å². The summed E-state index contributed by atoms with van der Waals surface area (Å²) in [5.74, 6) is -3.32. The van der Waals surface area contributed by atoms with E-state index >= 15 is 0 Å². The van der Waals surface area contributed by atoms with Crippen LogP contribution in [0.3, 0.4) is 0 Å². The van der Waals surface area contributed by atoms with Crippen molar-refractivity contribution >= 4 is 11.9 Å². The van der Waals surface area contributed by atoms with Crippen LogP contribution in [0, 0.1) is 5.92 Å². The molecule has 0 aromatic carbocycles. The van der Waals surface area contributed by atoms with Gasteiger partial charge in [-0.2, -0.15) is 0 Å². The monoisotopic (exact) mass is 281 g/mol. The highest BCUT2D eigenvalue weighted by Crippen LogP contribution is 2.34. The smallest absolute Gasteiger partial charge is 0.344 e. The molecule has 0 aromatic heterocycles. The Morgan fingerprint density at radius 2 is 2.00 bits per heavy atom. The number of carboxylic acids is 2. The molecule has 2 aliphatic rings. The van der Waals surface area contributed by atoms with Crippen LogP contribution in [0.2, 0.25) is 0 Å². The van der Waals surface area contributed by atoms with Gasteiger partial charge < -0.3 is 15.1 Å². The highest BCUT2D eigenvalue weighted by Gasteiger charge is 2.34. The van der Waals surface area contributed by atoms with E-state index in [0.29, 0.717) is 0 Å². The van der Waals surface area contributed by atoms with Crippen molar-refractivity contribution in [3.63, 3.8) is 0 Å². The van der Waals surface area contributed by atoms with Gasteiger partial charge in [-0.25, -0.2) is 14.0 Å². The average molecular weight is 281 g/mol. The van der Waals surface area contributed by atoms with Gasteiger partial charge in [0.1, 0.15) is 5.83 Å². The average Bonchev–Trinajstić information content (AvgIpc) is 2.36. The highest BCUT2D eigenvalue weighted by molar-refractivity contribution is 6.12. The molecule has 3 unspecified atom stereocenters. The summed E-state index contributed by atoms with van der Waals surface area (Å²) in [5, 5.41) is 17.9. The summed E-state index contributed by atoms with van der Waals surface area (Å²) in [7, 11) is 0. The fourth-order valence-corrected chi connectivity index (χ4v) is 2.71. The first-order chi connectivity index (χ1) is 9.40. The van der Waals surface area contributed by atoms with E-state index in [0.717, 1.165) is 19.0 Å². The van der Waals surface area contributed by atoms with Crippen molar-refractivity contribution < 1.29 is 24.2 Å². The Hall–Kier alpha value is -2.11. The van der Waals surface area contributed by atoms with Crippen LogP contribution in [0.15, 0.2) is 35.8 Å². The van der Waals surface area contributed by atoms with Gasteiger partial charge in [-0.1, -0.05) is 6.08 Å². The van der Waals surface area contributed by atoms with E-state index in [4.69, 9.17) is 10.2 Å². The fourth-order valence-electron chi connectivity index (χ4n) is 2.71. The number of nitrogens with zero attached hydrogens (tertiary/aromatic N) is 1. The van der Waals surface area contributed by atoms with Gasteiger partial charge in [0.2, 0.25) is 0 Å². The van der Waals surface area contributed by atoms with E-state index in [1.165, 1.54) is 12.2 Å². The zero-order chi connectivity index (χ0) is 14.9. The van der Waals surface area contributed by atoms with E-state index in [-0.39, 0.29) is 23.8 Å². The van der Waals surface area contributed by atoms with Crippen molar-refractivity contribution in [3.8, 4) is 0 Å². The molecule has 2 rings (SSSR count). The van der Waals surface area contributed by atoms with E-state index in [9.17, 15) is 14.0 Å². The first kappa shape index (κ1) is 14.3. The summed E-state index contributed by atoms with van der Waals surface area (Å²) < 4.78 is 13.2. The van der Waals surface area contributed by atoms with E-state index < -0.39 is 17.5 Å². The van der Waals surface area contributed by atoms with Gasteiger partial charge in [0.05, 0.1) is 6.04 Å². The summed E-state index contributed by atoms with van der Waals surface area (Å²) >= 11 is 0. The third-order valence-corrected chi connectivity index (χ3v) is 3.77. The molecule has 108 valence electrons. The minimum atomic E-state index is -1.48. The Morgan fingerprint density at radius 3 is 2.60 bits per heavy atom. The van der Waals surface area contributed by atoms with Gasteiger partial charge in [0, 0.05) is 18.2 Å². The van der Waals surface area contributed by atoms with Gasteiger partial charge in [-0.3, -0.25) is 0 Å². The number of halogens is 1. The molecule has 5 nitrogen and oxygen atoms in total. The van der Waals surface area contributed by atoms with Crippen molar-refractivity contribution in [2.24, 2.45) is 5.92 Å². The number of piperidine rings is 1. The molecule has 0 amide bonds. The number of aliphatic carboxylic acids is 2. The standard InChI is InChI=1S/C14H16FNO4/c1-8-2-3-9-6-10(15)4-5-12(9)16(8)7-11(13(17)18)14(19)20/h4-9,12H,2-3H2,1H3,(H,17,18)(H,19,20). The second kappa shape index (κ2) is 5.48. The van der Waals surface area contributed by atoms with Crippen LogP contribution in [0.25, 0.3) is 0 Å². The molecular formula is C14H16FNO4. The van der Waals surface area contributed by atoms with Crippen LogP contribution in [-0.2, 0) is 9.59 Å². The molecule has 0 aromatic rings. The fraction of sp³-hybridized carbons (Fsp3) is 0.429. The number of carboxylic acid groups (broad SMARTS) is 2. The molecule has 6 heteroatoms. The van der Waals surface area contributed by atoms with Crippen molar-refractivity contribution in [2.75, 3.05) is 0 Å². The molecule has 0 radical (unpaired) electrons. The second-order valence-corrected chi connectivity index (χ2v) is 5.09. The van der Waals surface area contributed by atoms with Crippen molar-refractivity contribution in [3.05, 3.63) is 35.8 Å². The normalized spacial score (nSPS) is 28.4. The molecular weight excluding hydrogens is 265 g/mol. The van der Waals surface area contributed by atoms with Gasteiger partial charge in [0.15, 0.2) is 5.57 Å². The Bertz CT molecular complexity index is 507. The zero-order valence-corrected chi connectivity index (χ0v) is 11.0. The first-order valence-electron chi connectivity index (χ1n) is 6.41. The van der Waals surface area contributed by atoms with E-state index in [2.05, 4.69) is 0 Å². The van der Waals surface area contributed by atoms with Gasteiger partial charge >= 0.3 is 11.9 Å². The van der Waals surface area contributed by atoms with Crippen molar-refractivity contribution in [2.45, 2.75) is 31.8 Å². The minimum Gasteiger partial charge on any atom is -0.477 e. The van der Waals surface area contributed by atoms with Gasteiger partial charge in [-0.05, 0) is 31.9 Å². The molecule has 20 heavy (non-hydrogen) atoms. The molecule has 1 aliphatic heterocycles. The number of allylic oxidation sites excluding steroid dienone is 2. The number of hydrogen-bond acceptors (Lipinski definition) is 3. The lowest BCUT2D eigenvalue weighted by molar-refractivity contribution is -0.140. The van der Waals surface area contributed by atoms with Gasteiger partial charge in [0.25, 0.3) is 0 Å². The molecule has 0 saturated carbocycles. The molecule has 1 aliphatic carbocycles. The molecule has 0 bridgehead atoms. The summed E-state index contributed by atoms with van der Waals surface area (Å²) in [6, 6.07) is -0.198. The van der Waals surface area contributed by atoms with Crippen LogP contribution in [0.1, 0.15) is 19.8 Å². The predicted octanol–water partition coefficient (Wildman–Crippen LogP) is 1.93. The number of carbonyl (C=O) groups is 2. The maximum atomic E-state index is 13.2. The lowest BCUT2D eigenvalue weighted by Crippen LogP contribution is -2.46. The van der Waals surface area contributed by atoms with Crippen LogP contribution in [0.4, 0.5) is 4.39 Å². The van der Waals surface area contributed by atoms with Crippen LogP contribution < -0.4 is 0 Å². The van der Waals surface area contributed by atoms with Crippen LogP contribution in [0.5, 0.6) is 0 Å². The third-order valence-electron chi connectivity index (χ3n) is 3.77. The Balaban J connectivity index is 2.33. The summed E-state index contributed by atoms with van der Waals surface area (Å²) in [5.41, 5.74) is -0.680. The van der Waals surface area contributed by atoms with Gasteiger partial charge in [-0.15, -0.1) is 0 Å². The number of hydrogen-bond donors (Lipinski definition) is 2. The van der Waals surface area contributed by atoms with E-state index in [1.807, 2.05) is 6.92 Å². The minimum absolute atomic E-state index is 0.00385. The lowest BCUT2D eigenvalue weighted by atomic mass is 9.83. The number of fused-ring (bicyclic) bond motifs is 1. The number of rotatable bonds is 3. The molecule has 1 saturated heterocycles. The SMILES string of the molecule is CC1CCC2C=C(F)C=CC2N1C=C(C(=O)O)C(=O)O. The molecule has 2 N–H and O–H groups in total. The quantitative estimate of drug-likeness (QED) is 0.469. The highest BCUT2D eigenvalue weighted by atomic mass is 19.1. The lowest BCUT2D eigenvalue weighted by Gasteiger charge is -2.44. The summed E-state index contributed by atoms with van der Waals surface area (Å²) in [6.45, 7) is 1.90. The van der Waals surface area contributed by atoms with Crippen LogP contribution >= 0.6 is 0 Å². The topological polar surface area (TPSA) is 77.8 Å². The van der Waals surface area contributed by atoms with Crippen LogP contribution in [-0.4, -0.2) is 39.1 Å². The third kappa shape index (κ3) is 2.74. The maximum Gasteiger partial charge on any atom is 0.344 e. The summed E-state index contributed by atoms with van der Waals surface area (Å²) in [6.07, 6.45) is 7.21. The predicted molar refractivity (Wildman–Crippen MR) is 69.5 cm³/mol.